The fourth-order valence-corrected chi connectivity index (χ4v) is 5.62. The number of nitrogens with one attached hydrogen (secondary N) is 3. The summed E-state index contributed by atoms with van der Waals surface area (Å²) in [6.07, 6.45) is 3.56. The molecule has 13 nitrogen and oxygen atoms in total. The van der Waals surface area contributed by atoms with Crippen LogP contribution < -0.4 is 15.4 Å². The van der Waals surface area contributed by atoms with E-state index in [4.69, 9.17) is 29.1 Å². The average Bonchev–Trinajstić information content (AvgIpc) is 3.45. The van der Waals surface area contributed by atoms with E-state index in [1.165, 1.54) is 13.1 Å². The lowest BCUT2D eigenvalue weighted by Crippen LogP contribution is -2.31. The van der Waals surface area contributed by atoms with Crippen LogP contribution in [0.5, 0.6) is 5.75 Å². The Bertz CT molecular complexity index is 1590. The van der Waals surface area contributed by atoms with Crippen LogP contribution in [-0.2, 0) is 35.1 Å². The van der Waals surface area contributed by atoms with Crippen molar-refractivity contribution >= 4 is 30.0 Å². The van der Waals surface area contributed by atoms with Gasteiger partial charge in [-0.2, -0.15) is 0 Å². The van der Waals surface area contributed by atoms with E-state index in [0.717, 1.165) is 43.2 Å². The number of carbonyl (C=O) groups excluding carboxylic acids is 4. The summed E-state index contributed by atoms with van der Waals surface area (Å²) in [6, 6.07) is 19.6. The number of ether oxygens (including phenoxy) is 5. The second-order valence-corrected chi connectivity index (χ2v) is 12.0. The molecule has 5 rings (SSSR count). The number of amides is 2. The molecule has 1 aliphatic carbocycles. The van der Waals surface area contributed by atoms with E-state index in [2.05, 4.69) is 15.6 Å². The maximum atomic E-state index is 12.5. The highest BCUT2D eigenvalue weighted by atomic mass is 16.8. The molecule has 1 saturated heterocycles. The van der Waals surface area contributed by atoms with Gasteiger partial charge in [0.25, 0.3) is 0 Å². The van der Waals surface area contributed by atoms with Crippen molar-refractivity contribution in [2.75, 3.05) is 6.61 Å². The molecule has 49 heavy (non-hydrogen) atoms. The molecule has 2 aromatic carbocycles. The molecule has 13 heteroatoms. The molecule has 1 unspecified atom stereocenters. The number of hydrogen-bond acceptors (Lipinski definition) is 11. The standard InChI is InChI=1S/C36H40N4O9/c1-23(48-36(44)49-30-10-6-3-7-11-30)47-32(41)19-27-18-28(39-34(27)42)22-45-29-15-12-25(13-16-29)31-17-14-26(20-38-31)33(37)40-35(43)46-21-24-8-4-2-5-9-24/h2,4-5,8-9,12-17,20,23,27-28,30H,3,6-7,10-11,18-19,21-22H2,1H3,(H,39,42)(H2,37,40,43)/t23?,27-,28-/m0/s1. The number of carbonyl (C=O) groups is 4. The summed E-state index contributed by atoms with van der Waals surface area (Å²) >= 11 is 0. The van der Waals surface area contributed by atoms with Crippen molar-refractivity contribution in [1.29, 1.82) is 5.41 Å². The fraction of sp³-hybridized carbons (Fsp3) is 0.389. The molecule has 2 aliphatic rings. The number of hydrogen-bond donors (Lipinski definition) is 3. The summed E-state index contributed by atoms with van der Waals surface area (Å²) in [5.41, 5.74) is 2.74. The summed E-state index contributed by atoms with van der Waals surface area (Å²) in [6.45, 7) is 1.74. The lowest BCUT2D eigenvalue weighted by atomic mass is 9.98. The molecule has 3 atom stereocenters. The van der Waals surface area contributed by atoms with Crippen LogP contribution in [0.25, 0.3) is 11.3 Å². The van der Waals surface area contributed by atoms with Crippen LogP contribution in [0.4, 0.5) is 9.59 Å². The first kappa shape index (κ1) is 34.9. The number of nitrogens with zero attached hydrogens (tertiary/aromatic N) is 1. The van der Waals surface area contributed by atoms with Crippen molar-refractivity contribution in [3.8, 4) is 17.0 Å². The largest absolute Gasteiger partial charge is 0.511 e. The number of benzene rings is 2. The molecule has 2 heterocycles. The number of alkyl carbamates (subject to hydrolysis) is 1. The fourth-order valence-electron chi connectivity index (χ4n) is 5.62. The highest BCUT2D eigenvalue weighted by molar-refractivity contribution is 6.04. The summed E-state index contributed by atoms with van der Waals surface area (Å²) in [5, 5.41) is 13.4. The summed E-state index contributed by atoms with van der Waals surface area (Å²) in [5.74, 6) is -1.05. The van der Waals surface area contributed by atoms with Crippen LogP contribution in [0.1, 0.15) is 63.0 Å². The van der Waals surface area contributed by atoms with E-state index < -0.39 is 30.4 Å². The van der Waals surface area contributed by atoms with E-state index in [1.54, 1.807) is 24.3 Å². The van der Waals surface area contributed by atoms with Crippen molar-refractivity contribution in [1.82, 2.24) is 15.6 Å². The molecule has 0 bridgehead atoms. The first-order valence-corrected chi connectivity index (χ1v) is 16.3. The molecule has 0 radical (unpaired) electrons. The molecular weight excluding hydrogens is 632 g/mol. The zero-order valence-electron chi connectivity index (χ0n) is 27.2. The Morgan fingerprint density at radius 3 is 2.45 bits per heavy atom. The average molecular weight is 673 g/mol. The van der Waals surface area contributed by atoms with Crippen molar-refractivity contribution in [3.05, 3.63) is 84.1 Å². The van der Waals surface area contributed by atoms with Gasteiger partial charge in [0.1, 0.15) is 30.9 Å². The first-order chi connectivity index (χ1) is 23.7. The predicted molar refractivity (Wildman–Crippen MR) is 176 cm³/mol. The Morgan fingerprint density at radius 1 is 0.980 bits per heavy atom. The SMILES string of the molecule is CC(OC(=O)C[C@@H]1C[C@@H](COc2ccc(-c3ccc(C(=N)NC(=O)OCc4ccccc4)cn3)cc2)NC1=O)OC(=O)OC1CCCCC1. The Balaban J connectivity index is 1.01. The van der Waals surface area contributed by atoms with Crippen LogP contribution in [0.3, 0.4) is 0 Å². The third kappa shape index (κ3) is 10.8. The van der Waals surface area contributed by atoms with E-state index in [-0.39, 0.29) is 43.5 Å². The van der Waals surface area contributed by atoms with Gasteiger partial charge in [-0.1, -0.05) is 36.8 Å². The Labute approximate surface area is 284 Å². The second kappa shape index (κ2) is 17.1. The number of rotatable bonds is 12. The quantitative estimate of drug-likeness (QED) is 0.0717. The number of pyridine rings is 1. The molecule has 3 aromatic rings. The highest BCUT2D eigenvalue weighted by Gasteiger charge is 2.35. The summed E-state index contributed by atoms with van der Waals surface area (Å²) in [4.78, 5) is 53.4. The Kier molecular flexibility index (Phi) is 12.2. The van der Waals surface area contributed by atoms with Crippen molar-refractivity contribution in [2.24, 2.45) is 5.92 Å². The van der Waals surface area contributed by atoms with E-state index in [1.807, 2.05) is 42.5 Å². The second-order valence-electron chi connectivity index (χ2n) is 12.0. The lowest BCUT2D eigenvalue weighted by molar-refractivity contribution is -0.170. The molecule has 2 amide bonds. The number of aromatic nitrogens is 1. The van der Waals surface area contributed by atoms with Gasteiger partial charge in [-0.15, -0.1) is 0 Å². The normalized spacial score (nSPS) is 18.0. The van der Waals surface area contributed by atoms with Gasteiger partial charge in [0, 0.05) is 24.2 Å². The zero-order valence-corrected chi connectivity index (χ0v) is 27.2. The van der Waals surface area contributed by atoms with Crippen LogP contribution >= 0.6 is 0 Å². The van der Waals surface area contributed by atoms with Crippen molar-refractivity contribution in [2.45, 2.75) is 76.9 Å². The van der Waals surface area contributed by atoms with Crippen molar-refractivity contribution in [3.63, 3.8) is 0 Å². The zero-order chi connectivity index (χ0) is 34.6. The van der Waals surface area contributed by atoms with E-state index >= 15 is 0 Å². The van der Waals surface area contributed by atoms with Gasteiger partial charge < -0.3 is 29.0 Å². The molecule has 3 N–H and O–H groups in total. The minimum Gasteiger partial charge on any atom is -0.491 e. The summed E-state index contributed by atoms with van der Waals surface area (Å²) in [7, 11) is 0. The van der Waals surface area contributed by atoms with Crippen LogP contribution in [0.2, 0.25) is 0 Å². The first-order valence-electron chi connectivity index (χ1n) is 16.3. The maximum absolute atomic E-state index is 12.5. The van der Waals surface area contributed by atoms with Gasteiger partial charge in [-0.05, 0) is 74.1 Å². The van der Waals surface area contributed by atoms with Gasteiger partial charge in [0.15, 0.2) is 0 Å². The van der Waals surface area contributed by atoms with E-state index in [0.29, 0.717) is 23.4 Å². The Morgan fingerprint density at radius 2 is 1.73 bits per heavy atom. The topological polar surface area (TPSA) is 175 Å². The highest BCUT2D eigenvalue weighted by Crippen LogP contribution is 2.24. The minimum absolute atomic E-state index is 0.0978. The van der Waals surface area contributed by atoms with Gasteiger partial charge >= 0.3 is 18.2 Å². The van der Waals surface area contributed by atoms with Gasteiger partial charge in [-0.25, -0.2) is 9.59 Å². The molecule has 1 aromatic heterocycles. The molecule has 2 fully saturated rings. The predicted octanol–water partition coefficient (Wildman–Crippen LogP) is 5.65. The van der Waals surface area contributed by atoms with E-state index in [9.17, 15) is 19.2 Å². The van der Waals surface area contributed by atoms with Crippen LogP contribution in [0, 0.1) is 11.3 Å². The molecule has 0 spiro atoms. The van der Waals surface area contributed by atoms with Gasteiger partial charge in [0.05, 0.1) is 24.1 Å². The molecule has 258 valence electrons. The van der Waals surface area contributed by atoms with Gasteiger partial charge in [-0.3, -0.25) is 25.3 Å². The number of amidine groups is 1. The Hall–Kier alpha value is -5.46. The lowest BCUT2D eigenvalue weighted by Gasteiger charge is -2.22. The number of esters is 1. The van der Waals surface area contributed by atoms with Crippen LogP contribution in [-0.4, -0.2) is 60.0 Å². The van der Waals surface area contributed by atoms with Crippen LogP contribution in [0.15, 0.2) is 72.9 Å². The molecular formula is C36H40N4O9. The van der Waals surface area contributed by atoms with Crippen molar-refractivity contribution < 1.29 is 42.9 Å². The molecule has 1 saturated carbocycles. The minimum atomic E-state index is -1.13. The third-order valence-electron chi connectivity index (χ3n) is 8.17. The summed E-state index contributed by atoms with van der Waals surface area (Å²) < 4.78 is 26.6. The van der Waals surface area contributed by atoms with Gasteiger partial charge in [0.2, 0.25) is 12.2 Å². The third-order valence-corrected chi connectivity index (χ3v) is 8.17. The smallest absolute Gasteiger partial charge is 0.491 e. The monoisotopic (exact) mass is 672 g/mol. The molecule has 1 aliphatic heterocycles. The maximum Gasteiger partial charge on any atom is 0.511 e.